The highest BCUT2D eigenvalue weighted by molar-refractivity contribution is 6.60. The van der Waals surface area contributed by atoms with Crippen molar-refractivity contribution in [1.82, 2.24) is 0 Å². The van der Waals surface area contributed by atoms with Crippen LogP contribution in [0.15, 0.2) is 0 Å². The van der Waals surface area contributed by atoms with Gasteiger partial charge >= 0.3 is 45.1 Å². The summed E-state index contributed by atoms with van der Waals surface area (Å²) in [6.45, 7) is -7.61. The molecule has 0 N–H and O–H groups in total. The summed E-state index contributed by atoms with van der Waals surface area (Å²) in [5.74, 6) is -17.4. The zero-order valence-electron chi connectivity index (χ0n) is 14.9. The topological polar surface area (TPSA) is 27.7 Å². The first-order valence-electron chi connectivity index (χ1n) is 7.68. The third kappa shape index (κ3) is 8.15. The molecule has 0 atom stereocenters. The van der Waals surface area contributed by atoms with E-state index < -0.39 is 77.4 Å². The van der Waals surface area contributed by atoms with Crippen molar-refractivity contribution in [1.29, 1.82) is 0 Å². The summed E-state index contributed by atoms with van der Waals surface area (Å²) in [4.78, 5) is 0. The van der Waals surface area contributed by atoms with E-state index in [1.807, 2.05) is 0 Å². The van der Waals surface area contributed by atoms with Crippen LogP contribution in [-0.4, -0.2) is 64.9 Å². The lowest BCUT2D eigenvalue weighted by Gasteiger charge is -2.34. The molecule has 0 aliphatic rings. The second-order valence-electron chi connectivity index (χ2n) is 5.91. The van der Waals surface area contributed by atoms with Gasteiger partial charge in [0.1, 0.15) is 19.8 Å². The summed E-state index contributed by atoms with van der Waals surface area (Å²) in [6, 6.07) is -1.25. The van der Waals surface area contributed by atoms with Crippen LogP contribution in [0.25, 0.3) is 0 Å². The largest absolute Gasteiger partial charge is 0.501 e. The van der Waals surface area contributed by atoms with E-state index in [1.54, 1.807) is 0 Å². The third-order valence-corrected chi connectivity index (χ3v) is 6.09. The molecule has 0 heterocycles. The van der Waals surface area contributed by atoms with Crippen LogP contribution in [0.4, 0.5) is 65.9 Å². The van der Waals surface area contributed by atoms with Gasteiger partial charge in [0.2, 0.25) is 0 Å². The standard InChI is InChI=1S/C12H13F15O3Si/c1-2-3-31(28-4-7(13,14)10(19,20)21,29-5-8(15,16)11(22,23)24)30-6-9(17,18)12(25,26)27/h2-6H2,1H3. The maximum atomic E-state index is 13.0. The van der Waals surface area contributed by atoms with E-state index in [4.69, 9.17) is 0 Å². The minimum Gasteiger partial charge on any atom is -0.367 e. The number of alkyl halides is 15. The summed E-state index contributed by atoms with van der Waals surface area (Å²) in [5, 5.41) is 0. The van der Waals surface area contributed by atoms with E-state index >= 15 is 0 Å². The Morgan fingerprint density at radius 3 is 0.871 bits per heavy atom. The first-order valence-corrected chi connectivity index (χ1v) is 9.62. The van der Waals surface area contributed by atoms with Crippen LogP contribution >= 0.6 is 0 Å². The fourth-order valence-electron chi connectivity index (χ4n) is 1.49. The third-order valence-electron chi connectivity index (χ3n) is 3.22. The van der Waals surface area contributed by atoms with Gasteiger partial charge in [-0.15, -0.1) is 0 Å². The van der Waals surface area contributed by atoms with Crippen molar-refractivity contribution < 1.29 is 79.1 Å². The maximum Gasteiger partial charge on any atom is 0.501 e. The first kappa shape index (κ1) is 30.0. The molecule has 0 amide bonds. The lowest BCUT2D eigenvalue weighted by atomic mass is 10.3. The minimum absolute atomic E-state index is 0.584. The maximum absolute atomic E-state index is 13.0. The molecule has 0 rings (SSSR count). The summed E-state index contributed by atoms with van der Waals surface area (Å²) >= 11 is 0. The fraction of sp³-hybridized carbons (Fsp3) is 1.00. The van der Waals surface area contributed by atoms with Gasteiger partial charge < -0.3 is 13.3 Å². The van der Waals surface area contributed by atoms with Gasteiger partial charge in [0.05, 0.1) is 0 Å². The average Bonchev–Trinajstić information content (AvgIpc) is 2.53. The molecule has 0 aromatic rings. The monoisotopic (exact) mass is 518 g/mol. The second-order valence-corrected chi connectivity index (χ2v) is 8.64. The predicted molar refractivity (Wildman–Crippen MR) is 71.7 cm³/mol. The van der Waals surface area contributed by atoms with Gasteiger partial charge in [0, 0.05) is 6.04 Å². The van der Waals surface area contributed by atoms with Crippen LogP contribution in [0.1, 0.15) is 13.3 Å². The Morgan fingerprint density at radius 2 is 0.710 bits per heavy atom. The fourth-order valence-corrected chi connectivity index (χ4v) is 3.99. The van der Waals surface area contributed by atoms with Gasteiger partial charge in [-0.2, -0.15) is 65.9 Å². The van der Waals surface area contributed by atoms with E-state index in [1.165, 1.54) is 0 Å². The summed E-state index contributed by atoms with van der Waals surface area (Å²) in [7, 11) is -5.80. The van der Waals surface area contributed by atoms with E-state index in [-0.39, 0.29) is 0 Å². The Hall–Kier alpha value is -0.953. The van der Waals surface area contributed by atoms with Crippen molar-refractivity contribution in [3.8, 4) is 0 Å². The molecule has 0 aliphatic carbocycles. The molecule has 19 heteroatoms. The van der Waals surface area contributed by atoms with Gasteiger partial charge in [-0.05, 0) is 0 Å². The van der Waals surface area contributed by atoms with Gasteiger partial charge in [0.15, 0.2) is 0 Å². The molecule has 0 aliphatic heterocycles. The molecule has 0 unspecified atom stereocenters. The average molecular weight is 518 g/mol. The lowest BCUT2D eigenvalue weighted by molar-refractivity contribution is -0.304. The van der Waals surface area contributed by atoms with Crippen molar-refractivity contribution in [2.24, 2.45) is 0 Å². The lowest BCUT2D eigenvalue weighted by Crippen LogP contribution is -2.56. The molecule has 0 fully saturated rings. The Kier molecular flexibility index (Phi) is 9.21. The molecule has 31 heavy (non-hydrogen) atoms. The van der Waals surface area contributed by atoms with Crippen LogP contribution < -0.4 is 0 Å². The number of rotatable bonds is 11. The number of hydrogen-bond donors (Lipinski definition) is 0. The van der Waals surface area contributed by atoms with Crippen LogP contribution in [0, 0.1) is 0 Å². The van der Waals surface area contributed by atoms with E-state index in [9.17, 15) is 65.9 Å². The predicted octanol–water partition coefficient (Wildman–Crippen LogP) is 5.98. The van der Waals surface area contributed by atoms with E-state index in [0.29, 0.717) is 0 Å². The van der Waals surface area contributed by atoms with Gasteiger partial charge in [0.25, 0.3) is 0 Å². The van der Waals surface area contributed by atoms with Crippen LogP contribution in [0.5, 0.6) is 0 Å². The molecule has 0 saturated heterocycles. The smallest absolute Gasteiger partial charge is 0.367 e. The van der Waals surface area contributed by atoms with Crippen molar-refractivity contribution >= 4 is 8.80 Å². The van der Waals surface area contributed by atoms with Gasteiger partial charge in [-0.1, -0.05) is 13.3 Å². The van der Waals surface area contributed by atoms with Crippen molar-refractivity contribution in [2.45, 2.75) is 55.7 Å². The summed E-state index contributed by atoms with van der Waals surface area (Å²) in [5.41, 5.74) is 0. The summed E-state index contributed by atoms with van der Waals surface area (Å²) in [6.07, 6.45) is -19.7. The Balaban J connectivity index is 5.91. The van der Waals surface area contributed by atoms with Crippen molar-refractivity contribution in [2.75, 3.05) is 19.8 Å². The van der Waals surface area contributed by atoms with E-state index in [2.05, 4.69) is 13.3 Å². The highest BCUT2D eigenvalue weighted by Gasteiger charge is 2.63. The normalized spacial score (nSPS) is 15.5. The molecule has 0 radical (unpaired) electrons. The Morgan fingerprint density at radius 1 is 0.484 bits per heavy atom. The van der Waals surface area contributed by atoms with E-state index in [0.717, 1.165) is 6.92 Å². The second kappa shape index (κ2) is 9.50. The van der Waals surface area contributed by atoms with Crippen molar-refractivity contribution in [3.05, 3.63) is 0 Å². The van der Waals surface area contributed by atoms with Crippen LogP contribution in [-0.2, 0) is 13.3 Å². The minimum atomic E-state index is -6.36. The summed E-state index contributed by atoms with van der Waals surface area (Å²) < 4.78 is 200. The Labute approximate surface area is 164 Å². The van der Waals surface area contributed by atoms with Gasteiger partial charge in [-0.25, -0.2) is 0 Å². The first-order chi connectivity index (χ1) is 13.4. The molecule has 0 saturated carbocycles. The molecule has 0 spiro atoms. The molecule has 0 bridgehead atoms. The van der Waals surface area contributed by atoms with Crippen LogP contribution in [0.2, 0.25) is 6.04 Å². The van der Waals surface area contributed by atoms with Crippen molar-refractivity contribution in [3.63, 3.8) is 0 Å². The molecule has 0 aromatic carbocycles. The Bertz CT molecular complexity index is 495. The molecule has 3 nitrogen and oxygen atoms in total. The molecular weight excluding hydrogens is 505 g/mol. The zero-order chi connectivity index (χ0) is 25.2. The molecule has 0 aromatic heterocycles. The van der Waals surface area contributed by atoms with Crippen LogP contribution in [0.3, 0.4) is 0 Å². The SMILES string of the molecule is CCC[Si](OCC(F)(F)C(F)(F)F)(OCC(F)(F)C(F)(F)F)OCC(F)(F)C(F)(F)F. The highest BCUT2D eigenvalue weighted by atomic mass is 28.4. The molecular formula is C12H13F15O3Si. The number of halogens is 15. The highest BCUT2D eigenvalue weighted by Crippen LogP contribution is 2.40. The number of hydrogen-bond acceptors (Lipinski definition) is 3. The van der Waals surface area contributed by atoms with Gasteiger partial charge in [-0.3, -0.25) is 0 Å². The quantitative estimate of drug-likeness (QED) is 0.249. The zero-order valence-corrected chi connectivity index (χ0v) is 15.9. The molecule has 188 valence electrons.